The van der Waals surface area contributed by atoms with Gasteiger partial charge in [0.25, 0.3) is 0 Å². The summed E-state index contributed by atoms with van der Waals surface area (Å²) in [6.45, 7) is 11.9. The lowest BCUT2D eigenvalue weighted by molar-refractivity contribution is 0.331. The van der Waals surface area contributed by atoms with Gasteiger partial charge in [0.2, 0.25) is 0 Å². The Balaban J connectivity index is 4.04. The second-order valence-corrected chi connectivity index (χ2v) is 4.34. The molecule has 0 bridgehead atoms. The molecule has 0 aromatic heterocycles. The van der Waals surface area contributed by atoms with E-state index in [1.165, 1.54) is 12.8 Å². The van der Waals surface area contributed by atoms with Crippen LogP contribution in [0.15, 0.2) is 0 Å². The molecule has 0 fully saturated rings. The van der Waals surface area contributed by atoms with Gasteiger partial charge in [0, 0.05) is 19.6 Å². The molecule has 0 aliphatic rings. The van der Waals surface area contributed by atoms with Crippen LogP contribution in [0.1, 0.15) is 47.0 Å². The van der Waals surface area contributed by atoms with Crippen LogP contribution in [0.3, 0.4) is 0 Å². The molecule has 0 aromatic carbocycles. The number of hydrogen-bond donors (Lipinski definition) is 1. The van der Waals surface area contributed by atoms with Crippen LogP contribution in [-0.2, 0) is 0 Å². The Morgan fingerprint density at radius 2 is 1.80 bits per heavy atom. The molecule has 0 aliphatic carbocycles. The van der Waals surface area contributed by atoms with E-state index < -0.39 is 0 Å². The van der Waals surface area contributed by atoms with E-state index in [2.05, 4.69) is 37.9 Å². The van der Waals surface area contributed by atoms with Crippen molar-refractivity contribution >= 4 is 17.3 Å². The van der Waals surface area contributed by atoms with E-state index in [0.29, 0.717) is 0 Å². The molecule has 3 heteroatoms. The highest BCUT2D eigenvalue weighted by Gasteiger charge is 2.11. The third-order valence-electron chi connectivity index (χ3n) is 2.83. The molecule has 0 rings (SSSR count). The summed E-state index contributed by atoms with van der Waals surface area (Å²) in [5, 5.41) is 4.22. The van der Waals surface area contributed by atoms with E-state index in [9.17, 15) is 0 Å². The molecule has 0 radical (unpaired) electrons. The lowest BCUT2D eigenvalue weighted by atomic mass is 10.0. The fourth-order valence-corrected chi connectivity index (χ4v) is 1.86. The maximum absolute atomic E-state index is 5.37. The van der Waals surface area contributed by atoms with Crippen LogP contribution in [0.2, 0.25) is 0 Å². The minimum absolute atomic E-state index is 0.770. The van der Waals surface area contributed by atoms with Gasteiger partial charge in [-0.05, 0) is 31.5 Å². The first-order chi connectivity index (χ1) is 7.19. The smallest absolute Gasteiger partial charge is 0.168 e. The summed E-state index contributed by atoms with van der Waals surface area (Å²) in [5.41, 5.74) is 0. The van der Waals surface area contributed by atoms with Crippen molar-refractivity contribution in [1.82, 2.24) is 10.2 Å². The molecule has 0 saturated heterocycles. The van der Waals surface area contributed by atoms with Gasteiger partial charge in [-0.15, -0.1) is 0 Å². The van der Waals surface area contributed by atoms with Crippen molar-refractivity contribution in [3.63, 3.8) is 0 Å². The summed E-state index contributed by atoms with van der Waals surface area (Å²) in [6, 6.07) is 0. The Bertz CT molecular complexity index is 167. The fraction of sp³-hybridized carbons (Fsp3) is 0.917. The van der Waals surface area contributed by atoms with Crippen molar-refractivity contribution in [3.8, 4) is 0 Å². The first-order valence-corrected chi connectivity index (χ1v) is 6.63. The maximum Gasteiger partial charge on any atom is 0.168 e. The minimum atomic E-state index is 0.770. The van der Waals surface area contributed by atoms with Gasteiger partial charge in [0.05, 0.1) is 0 Å². The summed E-state index contributed by atoms with van der Waals surface area (Å²) < 4.78 is 0. The first kappa shape index (κ1) is 14.7. The zero-order valence-electron chi connectivity index (χ0n) is 10.7. The van der Waals surface area contributed by atoms with Crippen molar-refractivity contribution in [2.24, 2.45) is 5.92 Å². The molecule has 0 atom stereocenters. The van der Waals surface area contributed by atoms with Gasteiger partial charge in [-0.2, -0.15) is 0 Å². The highest BCUT2D eigenvalue weighted by Crippen LogP contribution is 2.09. The standard InChI is InChI=1S/C12H26N2S/c1-5-9-13-12(15)14(8-4)10-11(6-2)7-3/h11H,5-10H2,1-4H3,(H,13,15). The Labute approximate surface area is 100 Å². The molecule has 15 heavy (non-hydrogen) atoms. The molecule has 90 valence electrons. The monoisotopic (exact) mass is 230 g/mol. The second kappa shape index (κ2) is 8.96. The molecule has 0 heterocycles. The lowest BCUT2D eigenvalue weighted by Crippen LogP contribution is -2.42. The Morgan fingerprint density at radius 3 is 2.20 bits per heavy atom. The summed E-state index contributed by atoms with van der Waals surface area (Å²) >= 11 is 5.37. The van der Waals surface area contributed by atoms with E-state index in [0.717, 1.165) is 37.1 Å². The number of thiocarbonyl (C=S) groups is 1. The van der Waals surface area contributed by atoms with E-state index in [1.54, 1.807) is 0 Å². The number of nitrogens with one attached hydrogen (secondary N) is 1. The van der Waals surface area contributed by atoms with Crippen molar-refractivity contribution < 1.29 is 0 Å². The van der Waals surface area contributed by atoms with E-state index in [-0.39, 0.29) is 0 Å². The van der Waals surface area contributed by atoms with Crippen LogP contribution >= 0.6 is 12.2 Å². The summed E-state index contributed by atoms with van der Waals surface area (Å²) in [4.78, 5) is 2.28. The quantitative estimate of drug-likeness (QED) is 0.677. The Morgan fingerprint density at radius 1 is 1.20 bits per heavy atom. The SMILES string of the molecule is CCCNC(=S)N(CC)CC(CC)CC. The summed E-state index contributed by atoms with van der Waals surface area (Å²) in [6.07, 6.45) is 3.61. The topological polar surface area (TPSA) is 15.3 Å². The average molecular weight is 230 g/mol. The van der Waals surface area contributed by atoms with Gasteiger partial charge in [-0.3, -0.25) is 0 Å². The number of hydrogen-bond acceptors (Lipinski definition) is 1. The number of rotatable bonds is 7. The predicted molar refractivity (Wildman–Crippen MR) is 72.2 cm³/mol. The zero-order chi connectivity index (χ0) is 11.7. The van der Waals surface area contributed by atoms with Gasteiger partial charge >= 0.3 is 0 Å². The molecule has 0 spiro atoms. The maximum atomic E-state index is 5.37. The molecule has 1 N–H and O–H groups in total. The lowest BCUT2D eigenvalue weighted by Gasteiger charge is -2.28. The largest absolute Gasteiger partial charge is 0.363 e. The molecule has 0 saturated carbocycles. The van der Waals surface area contributed by atoms with Crippen LogP contribution < -0.4 is 5.32 Å². The van der Waals surface area contributed by atoms with Crippen molar-refractivity contribution in [2.45, 2.75) is 47.0 Å². The van der Waals surface area contributed by atoms with Gasteiger partial charge in [-0.25, -0.2) is 0 Å². The molecule has 0 unspecified atom stereocenters. The molecule has 0 amide bonds. The fourth-order valence-electron chi connectivity index (χ4n) is 1.56. The van der Waals surface area contributed by atoms with Crippen LogP contribution in [0.4, 0.5) is 0 Å². The zero-order valence-corrected chi connectivity index (χ0v) is 11.5. The van der Waals surface area contributed by atoms with Crippen molar-refractivity contribution in [2.75, 3.05) is 19.6 Å². The van der Waals surface area contributed by atoms with Crippen LogP contribution in [0.25, 0.3) is 0 Å². The van der Waals surface area contributed by atoms with E-state index in [4.69, 9.17) is 12.2 Å². The van der Waals surface area contributed by atoms with Gasteiger partial charge in [-0.1, -0.05) is 33.6 Å². The van der Waals surface area contributed by atoms with Crippen LogP contribution in [-0.4, -0.2) is 29.6 Å². The van der Waals surface area contributed by atoms with Crippen molar-refractivity contribution in [3.05, 3.63) is 0 Å². The van der Waals surface area contributed by atoms with Gasteiger partial charge < -0.3 is 10.2 Å². The minimum Gasteiger partial charge on any atom is -0.363 e. The Kier molecular flexibility index (Phi) is 8.77. The predicted octanol–water partition coefficient (Wildman–Crippen LogP) is 3.03. The second-order valence-electron chi connectivity index (χ2n) is 3.95. The molecule has 2 nitrogen and oxygen atoms in total. The number of nitrogens with zero attached hydrogens (tertiary/aromatic N) is 1. The highest BCUT2D eigenvalue weighted by atomic mass is 32.1. The molecule has 0 aromatic rings. The summed E-state index contributed by atoms with van der Waals surface area (Å²) in [5.74, 6) is 0.770. The van der Waals surface area contributed by atoms with Crippen LogP contribution in [0.5, 0.6) is 0 Å². The molecule has 0 aliphatic heterocycles. The third-order valence-corrected chi connectivity index (χ3v) is 3.23. The van der Waals surface area contributed by atoms with E-state index in [1.807, 2.05) is 0 Å². The van der Waals surface area contributed by atoms with Gasteiger partial charge in [0.15, 0.2) is 5.11 Å². The summed E-state index contributed by atoms with van der Waals surface area (Å²) in [7, 11) is 0. The average Bonchev–Trinajstić information content (AvgIpc) is 2.27. The Hall–Kier alpha value is -0.310. The van der Waals surface area contributed by atoms with Gasteiger partial charge in [0.1, 0.15) is 0 Å². The van der Waals surface area contributed by atoms with E-state index >= 15 is 0 Å². The third kappa shape index (κ3) is 5.98. The highest BCUT2D eigenvalue weighted by molar-refractivity contribution is 7.80. The van der Waals surface area contributed by atoms with Crippen LogP contribution in [0, 0.1) is 5.92 Å². The molecular weight excluding hydrogens is 204 g/mol. The van der Waals surface area contributed by atoms with Crippen molar-refractivity contribution in [1.29, 1.82) is 0 Å². The normalized spacial score (nSPS) is 10.5. The first-order valence-electron chi connectivity index (χ1n) is 6.22. The molecular formula is C12H26N2S.